The first-order chi connectivity index (χ1) is 11.9. The van der Waals surface area contributed by atoms with Crippen molar-refractivity contribution in [1.29, 1.82) is 0 Å². The second kappa shape index (κ2) is 6.88. The molecular formula is C19H21FN2O2S. The van der Waals surface area contributed by atoms with Gasteiger partial charge in [0.15, 0.2) is 5.11 Å². The molecule has 0 bridgehead atoms. The molecule has 1 aliphatic heterocycles. The molecule has 0 aliphatic carbocycles. The largest absolute Gasteiger partial charge is 0.497 e. The van der Waals surface area contributed by atoms with Crippen molar-refractivity contribution < 1.29 is 13.9 Å². The van der Waals surface area contributed by atoms with Gasteiger partial charge in [-0.05, 0) is 62.5 Å². The SMILES string of the molecule is COc1ccc2c(c1)OC(C)(C)CC2NC(=S)Nc1ccc(F)cc1. The molecule has 25 heavy (non-hydrogen) atoms. The fraction of sp³-hybridized carbons (Fsp3) is 0.316. The third-order valence-corrected chi connectivity index (χ3v) is 4.31. The third-order valence-electron chi connectivity index (χ3n) is 4.09. The lowest BCUT2D eigenvalue weighted by Gasteiger charge is -2.38. The zero-order valence-corrected chi connectivity index (χ0v) is 15.2. The topological polar surface area (TPSA) is 42.5 Å². The van der Waals surface area contributed by atoms with E-state index in [2.05, 4.69) is 10.6 Å². The monoisotopic (exact) mass is 360 g/mol. The summed E-state index contributed by atoms with van der Waals surface area (Å²) in [5.41, 5.74) is 1.44. The lowest BCUT2D eigenvalue weighted by molar-refractivity contribution is 0.0693. The first kappa shape index (κ1) is 17.5. The van der Waals surface area contributed by atoms with Crippen LogP contribution in [0.2, 0.25) is 0 Å². The van der Waals surface area contributed by atoms with Crippen LogP contribution >= 0.6 is 12.2 Å². The van der Waals surface area contributed by atoms with Crippen molar-refractivity contribution in [3.63, 3.8) is 0 Å². The fourth-order valence-electron chi connectivity index (χ4n) is 2.95. The van der Waals surface area contributed by atoms with E-state index in [1.165, 1.54) is 12.1 Å². The maximum Gasteiger partial charge on any atom is 0.171 e. The van der Waals surface area contributed by atoms with E-state index in [4.69, 9.17) is 21.7 Å². The molecule has 132 valence electrons. The lowest BCUT2D eigenvalue weighted by atomic mass is 9.89. The van der Waals surface area contributed by atoms with E-state index in [0.29, 0.717) is 5.11 Å². The van der Waals surface area contributed by atoms with Crippen LogP contribution in [0, 0.1) is 5.82 Å². The second-order valence-corrected chi connectivity index (χ2v) is 7.04. The highest BCUT2D eigenvalue weighted by Gasteiger charge is 2.34. The Morgan fingerprint density at radius 3 is 2.64 bits per heavy atom. The summed E-state index contributed by atoms with van der Waals surface area (Å²) in [4.78, 5) is 0. The average molecular weight is 360 g/mol. The maximum absolute atomic E-state index is 13.0. The number of rotatable bonds is 3. The van der Waals surface area contributed by atoms with Crippen LogP contribution in [0.5, 0.6) is 11.5 Å². The highest BCUT2D eigenvalue weighted by molar-refractivity contribution is 7.80. The molecule has 1 heterocycles. The number of benzene rings is 2. The highest BCUT2D eigenvalue weighted by atomic mass is 32.1. The van der Waals surface area contributed by atoms with E-state index in [1.54, 1.807) is 19.2 Å². The van der Waals surface area contributed by atoms with Crippen molar-refractivity contribution in [2.24, 2.45) is 0 Å². The average Bonchev–Trinajstić information content (AvgIpc) is 2.55. The quantitative estimate of drug-likeness (QED) is 0.793. The van der Waals surface area contributed by atoms with Gasteiger partial charge in [0.2, 0.25) is 0 Å². The van der Waals surface area contributed by atoms with E-state index >= 15 is 0 Å². The van der Waals surface area contributed by atoms with Crippen LogP contribution in [0.25, 0.3) is 0 Å². The van der Waals surface area contributed by atoms with Gasteiger partial charge in [0.05, 0.1) is 13.2 Å². The number of hydrogen-bond acceptors (Lipinski definition) is 3. The smallest absolute Gasteiger partial charge is 0.171 e. The van der Waals surface area contributed by atoms with Crippen molar-refractivity contribution in [2.45, 2.75) is 31.9 Å². The maximum atomic E-state index is 13.0. The van der Waals surface area contributed by atoms with Crippen LogP contribution in [-0.4, -0.2) is 17.8 Å². The molecule has 0 fully saturated rings. The number of fused-ring (bicyclic) bond motifs is 1. The molecule has 0 saturated heterocycles. The predicted octanol–water partition coefficient (Wildman–Crippen LogP) is 4.42. The first-order valence-corrected chi connectivity index (χ1v) is 8.47. The number of nitrogens with one attached hydrogen (secondary N) is 2. The molecule has 1 unspecified atom stereocenters. The minimum Gasteiger partial charge on any atom is -0.497 e. The number of ether oxygens (including phenoxy) is 2. The summed E-state index contributed by atoms with van der Waals surface area (Å²) in [6, 6.07) is 11.9. The minimum atomic E-state index is -0.331. The molecule has 2 aromatic rings. The zero-order chi connectivity index (χ0) is 18.0. The van der Waals surface area contributed by atoms with E-state index in [9.17, 15) is 4.39 Å². The van der Waals surface area contributed by atoms with Gasteiger partial charge in [-0.1, -0.05) is 0 Å². The molecule has 0 aromatic heterocycles. The third kappa shape index (κ3) is 4.20. The first-order valence-electron chi connectivity index (χ1n) is 8.06. The Bertz CT molecular complexity index is 777. The van der Waals surface area contributed by atoms with Gasteiger partial charge in [-0.15, -0.1) is 0 Å². The molecule has 2 N–H and O–H groups in total. The summed E-state index contributed by atoms with van der Waals surface area (Å²) in [5, 5.41) is 6.90. The van der Waals surface area contributed by atoms with Crippen molar-refractivity contribution in [3.8, 4) is 11.5 Å². The Labute approximate surface area is 152 Å². The van der Waals surface area contributed by atoms with Crippen LogP contribution in [0.15, 0.2) is 42.5 Å². The van der Waals surface area contributed by atoms with Gasteiger partial charge in [-0.2, -0.15) is 0 Å². The molecule has 0 amide bonds. The molecule has 3 rings (SSSR count). The van der Waals surface area contributed by atoms with Gasteiger partial charge >= 0.3 is 0 Å². The van der Waals surface area contributed by atoms with Gasteiger partial charge in [0.1, 0.15) is 22.9 Å². The van der Waals surface area contributed by atoms with Crippen molar-refractivity contribution in [2.75, 3.05) is 12.4 Å². The number of anilines is 1. The fourth-order valence-corrected chi connectivity index (χ4v) is 3.21. The highest BCUT2D eigenvalue weighted by Crippen LogP contribution is 2.41. The molecule has 0 saturated carbocycles. The Morgan fingerprint density at radius 2 is 1.96 bits per heavy atom. The molecule has 4 nitrogen and oxygen atoms in total. The number of thiocarbonyl (C=S) groups is 1. The molecule has 0 spiro atoms. The van der Waals surface area contributed by atoms with E-state index in [-0.39, 0.29) is 17.5 Å². The van der Waals surface area contributed by atoms with Crippen molar-refractivity contribution >= 4 is 23.0 Å². The van der Waals surface area contributed by atoms with Crippen LogP contribution in [0.4, 0.5) is 10.1 Å². The summed E-state index contributed by atoms with van der Waals surface area (Å²) < 4.78 is 24.4. The van der Waals surface area contributed by atoms with Crippen LogP contribution in [0.1, 0.15) is 31.9 Å². The zero-order valence-electron chi connectivity index (χ0n) is 14.4. The van der Waals surface area contributed by atoms with Gasteiger partial charge in [-0.25, -0.2) is 4.39 Å². The lowest BCUT2D eigenvalue weighted by Crippen LogP contribution is -2.42. The molecule has 0 radical (unpaired) electrons. The van der Waals surface area contributed by atoms with Crippen LogP contribution in [0.3, 0.4) is 0 Å². The summed E-state index contributed by atoms with van der Waals surface area (Å²) in [7, 11) is 1.63. The second-order valence-electron chi connectivity index (χ2n) is 6.63. The summed E-state index contributed by atoms with van der Waals surface area (Å²) in [6.07, 6.45) is 0.761. The predicted molar refractivity (Wildman–Crippen MR) is 101 cm³/mol. The van der Waals surface area contributed by atoms with Gasteiger partial charge in [0.25, 0.3) is 0 Å². The summed E-state index contributed by atoms with van der Waals surface area (Å²) in [5.74, 6) is 1.26. The molecule has 1 atom stereocenters. The van der Waals surface area contributed by atoms with Crippen molar-refractivity contribution in [3.05, 3.63) is 53.8 Å². The molecule has 1 aliphatic rings. The summed E-state index contributed by atoms with van der Waals surface area (Å²) >= 11 is 5.42. The van der Waals surface area contributed by atoms with E-state index in [1.807, 2.05) is 32.0 Å². The molecule has 6 heteroatoms. The summed E-state index contributed by atoms with van der Waals surface area (Å²) in [6.45, 7) is 4.08. The van der Waals surface area contributed by atoms with Crippen molar-refractivity contribution in [1.82, 2.24) is 5.32 Å². The Hall–Kier alpha value is -2.34. The molecule has 2 aromatic carbocycles. The Morgan fingerprint density at radius 1 is 1.24 bits per heavy atom. The van der Waals surface area contributed by atoms with Gasteiger partial charge < -0.3 is 20.1 Å². The van der Waals surface area contributed by atoms with Gasteiger partial charge in [-0.3, -0.25) is 0 Å². The van der Waals surface area contributed by atoms with Crippen LogP contribution < -0.4 is 20.1 Å². The normalized spacial score (nSPS) is 17.8. The number of methoxy groups -OCH3 is 1. The van der Waals surface area contributed by atoms with E-state index in [0.717, 1.165) is 29.2 Å². The molecular weight excluding hydrogens is 339 g/mol. The minimum absolute atomic E-state index is 0.00473. The van der Waals surface area contributed by atoms with Gasteiger partial charge in [0, 0.05) is 23.7 Å². The number of halogens is 1. The Balaban J connectivity index is 1.77. The van der Waals surface area contributed by atoms with Crippen LogP contribution in [-0.2, 0) is 0 Å². The standard InChI is InChI=1S/C19H21FN2O2S/c1-19(2)11-16(15-9-8-14(23-3)10-17(15)24-19)22-18(25)21-13-6-4-12(20)5-7-13/h4-10,16H,11H2,1-3H3,(H2,21,22,25). The Kier molecular flexibility index (Phi) is 4.81. The van der Waals surface area contributed by atoms with E-state index < -0.39 is 0 Å². The number of hydrogen-bond donors (Lipinski definition) is 2.